The van der Waals surface area contributed by atoms with Crippen LogP contribution in [0.5, 0.6) is 5.75 Å². The van der Waals surface area contributed by atoms with E-state index >= 15 is 0 Å². The van der Waals surface area contributed by atoms with Crippen molar-refractivity contribution in [2.24, 2.45) is 0 Å². The SMILES string of the molecule is CCc1nc(C(=O)NCC2Cc3ccccc3O2)n[nH]1. The number of fused-ring (bicyclic) bond motifs is 1. The van der Waals surface area contributed by atoms with Crippen LogP contribution in [0.15, 0.2) is 24.3 Å². The highest BCUT2D eigenvalue weighted by atomic mass is 16.5. The molecule has 1 unspecified atom stereocenters. The van der Waals surface area contributed by atoms with Crippen molar-refractivity contribution in [2.45, 2.75) is 25.9 Å². The third-order valence-electron chi connectivity index (χ3n) is 3.27. The van der Waals surface area contributed by atoms with Crippen LogP contribution in [0.2, 0.25) is 0 Å². The van der Waals surface area contributed by atoms with Gasteiger partial charge in [-0.3, -0.25) is 9.89 Å². The number of hydrogen-bond acceptors (Lipinski definition) is 4. The van der Waals surface area contributed by atoms with Gasteiger partial charge in [-0.1, -0.05) is 25.1 Å². The summed E-state index contributed by atoms with van der Waals surface area (Å²) in [6.07, 6.45) is 1.51. The lowest BCUT2D eigenvalue weighted by molar-refractivity contribution is 0.0923. The predicted octanol–water partition coefficient (Wildman–Crippen LogP) is 1.10. The van der Waals surface area contributed by atoms with Crippen LogP contribution in [0.3, 0.4) is 0 Å². The molecule has 20 heavy (non-hydrogen) atoms. The van der Waals surface area contributed by atoms with Crippen LogP contribution in [-0.2, 0) is 12.8 Å². The Balaban J connectivity index is 1.55. The van der Waals surface area contributed by atoms with Gasteiger partial charge >= 0.3 is 0 Å². The maximum absolute atomic E-state index is 11.9. The average Bonchev–Trinajstić information content (AvgIpc) is 3.10. The fourth-order valence-electron chi connectivity index (χ4n) is 2.21. The normalized spacial score (nSPS) is 16.6. The van der Waals surface area contributed by atoms with Crippen molar-refractivity contribution in [3.8, 4) is 5.75 Å². The largest absolute Gasteiger partial charge is 0.488 e. The number of nitrogens with one attached hydrogen (secondary N) is 2. The second kappa shape index (κ2) is 5.32. The Kier molecular flexibility index (Phi) is 3.37. The maximum atomic E-state index is 11.9. The summed E-state index contributed by atoms with van der Waals surface area (Å²) < 4.78 is 5.76. The zero-order valence-electron chi connectivity index (χ0n) is 11.2. The Bertz CT molecular complexity index is 598. The number of aromatic amines is 1. The van der Waals surface area contributed by atoms with Gasteiger partial charge in [-0.25, -0.2) is 4.98 Å². The smallest absolute Gasteiger partial charge is 0.291 e. The second-order valence-corrected chi connectivity index (χ2v) is 4.72. The maximum Gasteiger partial charge on any atom is 0.291 e. The van der Waals surface area contributed by atoms with E-state index in [-0.39, 0.29) is 17.8 Å². The summed E-state index contributed by atoms with van der Waals surface area (Å²) in [5, 5.41) is 9.41. The minimum absolute atomic E-state index is 0.0269. The van der Waals surface area contributed by atoms with Gasteiger partial charge in [0, 0.05) is 12.8 Å². The molecule has 0 saturated carbocycles. The van der Waals surface area contributed by atoms with Gasteiger partial charge in [0.25, 0.3) is 5.91 Å². The highest BCUT2D eigenvalue weighted by Gasteiger charge is 2.23. The standard InChI is InChI=1S/C14H16N4O2/c1-2-12-16-13(18-17-12)14(19)15-8-10-7-9-5-3-4-6-11(9)20-10/h3-6,10H,2,7-8H2,1H3,(H,15,19)(H,16,17,18). The molecule has 0 bridgehead atoms. The highest BCUT2D eigenvalue weighted by molar-refractivity contribution is 5.90. The van der Waals surface area contributed by atoms with E-state index < -0.39 is 0 Å². The number of amides is 1. The van der Waals surface area contributed by atoms with Gasteiger partial charge in [-0.2, -0.15) is 0 Å². The van der Waals surface area contributed by atoms with Crippen LogP contribution in [0.25, 0.3) is 0 Å². The molecular formula is C14H16N4O2. The third-order valence-corrected chi connectivity index (χ3v) is 3.27. The third kappa shape index (κ3) is 2.49. The van der Waals surface area contributed by atoms with Crippen molar-refractivity contribution in [2.75, 3.05) is 6.54 Å². The van der Waals surface area contributed by atoms with E-state index in [4.69, 9.17) is 4.74 Å². The van der Waals surface area contributed by atoms with Crippen LogP contribution < -0.4 is 10.1 Å². The van der Waals surface area contributed by atoms with Gasteiger partial charge in [0.1, 0.15) is 17.7 Å². The molecule has 6 heteroatoms. The molecule has 1 amide bonds. The molecule has 0 saturated heterocycles. The minimum atomic E-state index is -0.277. The molecule has 0 aliphatic carbocycles. The molecule has 2 aromatic rings. The topological polar surface area (TPSA) is 79.9 Å². The molecule has 1 aliphatic heterocycles. The zero-order chi connectivity index (χ0) is 13.9. The fourth-order valence-corrected chi connectivity index (χ4v) is 2.21. The number of rotatable bonds is 4. The van der Waals surface area contributed by atoms with Crippen LogP contribution in [-0.4, -0.2) is 33.7 Å². The van der Waals surface area contributed by atoms with Crippen molar-refractivity contribution in [3.05, 3.63) is 41.5 Å². The van der Waals surface area contributed by atoms with Gasteiger partial charge in [0.05, 0.1) is 6.54 Å². The number of H-pyrrole nitrogens is 1. The van der Waals surface area contributed by atoms with E-state index in [0.29, 0.717) is 12.4 Å². The second-order valence-electron chi connectivity index (χ2n) is 4.72. The molecule has 0 fully saturated rings. The summed E-state index contributed by atoms with van der Waals surface area (Å²) >= 11 is 0. The molecule has 1 aromatic heterocycles. The van der Waals surface area contributed by atoms with Crippen LogP contribution in [0, 0.1) is 0 Å². The molecule has 6 nitrogen and oxygen atoms in total. The van der Waals surface area contributed by atoms with Crippen LogP contribution in [0.4, 0.5) is 0 Å². The van der Waals surface area contributed by atoms with E-state index in [0.717, 1.165) is 18.6 Å². The van der Waals surface area contributed by atoms with Gasteiger partial charge in [0.2, 0.25) is 5.82 Å². The van der Waals surface area contributed by atoms with Crippen molar-refractivity contribution < 1.29 is 9.53 Å². The van der Waals surface area contributed by atoms with Crippen molar-refractivity contribution in [1.29, 1.82) is 0 Å². The number of carbonyl (C=O) groups excluding carboxylic acids is 1. The first-order valence-corrected chi connectivity index (χ1v) is 6.70. The minimum Gasteiger partial charge on any atom is -0.488 e. The summed E-state index contributed by atoms with van der Waals surface area (Å²) in [4.78, 5) is 16.0. The van der Waals surface area contributed by atoms with E-state index in [2.05, 4.69) is 20.5 Å². The predicted molar refractivity (Wildman–Crippen MR) is 72.7 cm³/mol. The summed E-state index contributed by atoms with van der Waals surface area (Å²) in [6.45, 7) is 2.40. The molecule has 3 rings (SSSR count). The first-order chi connectivity index (χ1) is 9.76. The van der Waals surface area contributed by atoms with E-state index in [1.54, 1.807) is 0 Å². The first-order valence-electron chi connectivity index (χ1n) is 6.70. The summed E-state index contributed by atoms with van der Waals surface area (Å²) in [7, 11) is 0. The average molecular weight is 272 g/mol. The van der Waals surface area contributed by atoms with E-state index in [9.17, 15) is 4.79 Å². The number of para-hydroxylation sites is 1. The van der Waals surface area contributed by atoms with Crippen LogP contribution >= 0.6 is 0 Å². The molecular weight excluding hydrogens is 256 g/mol. The van der Waals surface area contributed by atoms with Gasteiger partial charge in [-0.05, 0) is 11.6 Å². The van der Waals surface area contributed by atoms with Gasteiger partial charge in [0.15, 0.2) is 0 Å². The summed E-state index contributed by atoms with van der Waals surface area (Å²) in [5.74, 6) is 1.51. The van der Waals surface area contributed by atoms with Gasteiger partial charge < -0.3 is 10.1 Å². The summed E-state index contributed by atoms with van der Waals surface area (Å²) in [5.41, 5.74) is 1.18. The van der Waals surface area contributed by atoms with Gasteiger partial charge in [-0.15, -0.1) is 5.10 Å². The molecule has 104 valence electrons. The first kappa shape index (κ1) is 12.7. The molecule has 1 aromatic carbocycles. The lowest BCUT2D eigenvalue weighted by atomic mass is 10.1. The monoisotopic (exact) mass is 272 g/mol. The molecule has 0 spiro atoms. The zero-order valence-corrected chi connectivity index (χ0v) is 11.2. The Morgan fingerprint density at radius 2 is 2.35 bits per heavy atom. The lowest BCUT2D eigenvalue weighted by Gasteiger charge is -2.10. The van der Waals surface area contributed by atoms with Crippen molar-refractivity contribution in [3.63, 3.8) is 0 Å². The van der Waals surface area contributed by atoms with Crippen molar-refractivity contribution in [1.82, 2.24) is 20.5 Å². The Hall–Kier alpha value is -2.37. The number of hydrogen-bond donors (Lipinski definition) is 2. The quantitative estimate of drug-likeness (QED) is 0.873. The fraction of sp³-hybridized carbons (Fsp3) is 0.357. The molecule has 1 aliphatic rings. The lowest BCUT2D eigenvalue weighted by Crippen LogP contribution is -2.35. The Morgan fingerprint density at radius 1 is 1.50 bits per heavy atom. The Labute approximate surface area is 116 Å². The van der Waals surface area contributed by atoms with E-state index in [1.165, 1.54) is 5.56 Å². The number of ether oxygens (including phenoxy) is 1. The van der Waals surface area contributed by atoms with Crippen molar-refractivity contribution >= 4 is 5.91 Å². The Morgan fingerprint density at radius 3 is 3.10 bits per heavy atom. The molecule has 2 N–H and O–H groups in total. The number of carbonyl (C=O) groups is 1. The highest BCUT2D eigenvalue weighted by Crippen LogP contribution is 2.27. The number of aryl methyl sites for hydroxylation is 1. The van der Waals surface area contributed by atoms with Crippen LogP contribution in [0.1, 0.15) is 28.9 Å². The summed E-state index contributed by atoms with van der Waals surface area (Å²) in [6, 6.07) is 7.92. The number of nitrogens with zero attached hydrogens (tertiary/aromatic N) is 2. The van der Waals surface area contributed by atoms with E-state index in [1.807, 2.05) is 31.2 Å². The molecule has 1 atom stereocenters. The molecule has 0 radical (unpaired) electrons. The number of aromatic nitrogens is 3. The number of benzene rings is 1. The molecule has 2 heterocycles.